The van der Waals surface area contributed by atoms with Crippen molar-refractivity contribution in [3.63, 3.8) is 0 Å². The second kappa shape index (κ2) is 15.5. The van der Waals surface area contributed by atoms with Gasteiger partial charge in [0, 0.05) is 23.3 Å². The van der Waals surface area contributed by atoms with Crippen LogP contribution in [0.4, 0.5) is 0 Å². The Balaban J connectivity index is 1.73. The fourth-order valence-corrected chi connectivity index (χ4v) is 9.34. The first-order chi connectivity index (χ1) is 23.1. The molecule has 0 saturated carbocycles. The summed E-state index contributed by atoms with van der Waals surface area (Å²) in [6.45, 7) is 19.7. The van der Waals surface area contributed by atoms with E-state index in [1.807, 2.05) is 51.1 Å². The van der Waals surface area contributed by atoms with Gasteiger partial charge < -0.3 is 29.7 Å². The summed E-state index contributed by atoms with van der Waals surface area (Å²) in [6, 6.07) is 6.82. The molecule has 4 rings (SSSR count). The molecule has 1 aromatic rings. The van der Waals surface area contributed by atoms with Crippen LogP contribution in [0.3, 0.4) is 0 Å². The van der Waals surface area contributed by atoms with Crippen LogP contribution in [-0.4, -0.2) is 92.5 Å². The van der Waals surface area contributed by atoms with E-state index in [-0.39, 0.29) is 48.2 Å². The Hall–Kier alpha value is -3.02. The number of amides is 3. The number of fused-ring (bicyclic) bond motifs is 1. The number of hydrogen-bond donors (Lipinski definition) is 2. The topological polar surface area (TPSA) is 125 Å². The molecule has 2 bridgehead atoms. The standard InChI is InChI=1S/C38H54BrN3O7/c1-9-12-18-28(44)48-22-27(24-16-14-13-15-17-24)40-33(45)29-30-34(46)42(25(11-3)21-43)32(38(30)20-26(39)31(29)49-38)35(47)41(19-10-2)37(7,8)23-36(4,5)6/h9-10,13-17,25-27,29-32,43H,1-2,11-12,18-23H2,3-8H3,(H,40,45)/t25-,26?,27+,29-,30+,31-,32-,38+/m0/s1. The van der Waals surface area contributed by atoms with Gasteiger partial charge in [0.1, 0.15) is 18.2 Å². The Morgan fingerprint density at radius 1 is 1.18 bits per heavy atom. The fraction of sp³-hybridized carbons (Fsp3) is 0.632. The number of halogens is 1. The number of nitrogens with zero attached hydrogens (tertiary/aromatic N) is 2. The number of hydrogen-bond acceptors (Lipinski definition) is 7. The van der Waals surface area contributed by atoms with Crippen LogP contribution in [0.1, 0.15) is 85.3 Å². The van der Waals surface area contributed by atoms with Gasteiger partial charge in [-0.15, -0.1) is 13.2 Å². The molecule has 49 heavy (non-hydrogen) atoms. The first-order valence-corrected chi connectivity index (χ1v) is 18.3. The number of likely N-dealkylation sites (tertiary alicyclic amines) is 1. The normalized spacial score (nSPS) is 27.3. The number of ether oxygens (including phenoxy) is 2. The van der Waals surface area contributed by atoms with Crippen LogP contribution in [-0.2, 0) is 28.7 Å². The fourth-order valence-electron chi connectivity index (χ4n) is 8.40. The number of allylic oxidation sites excluding steroid dienone is 1. The summed E-state index contributed by atoms with van der Waals surface area (Å²) in [6.07, 6.45) is 4.73. The van der Waals surface area contributed by atoms with Crippen LogP contribution in [0, 0.1) is 17.3 Å². The highest BCUT2D eigenvalue weighted by Gasteiger charge is 2.77. The first-order valence-electron chi connectivity index (χ1n) is 17.4. The number of carbonyl (C=O) groups excluding carboxylic acids is 4. The lowest BCUT2D eigenvalue weighted by Gasteiger charge is -2.46. The van der Waals surface area contributed by atoms with Gasteiger partial charge in [0.05, 0.1) is 36.6 Å². The van der Waals surface area contributed by atoms with Crippen LogP contribution >= 0.6 is 15.9 Å². The molecule has 3 fully saturated rings. The molecule has 0 aliphatic carbocycles. The van der Waals surface area contributed by atoms with Crippen molar-refractivity contribution in [1.29, 1.82) is 0 Å². The van der Waals surface area contributed by atoms with Crippen molar-refractivity contribution >= 4 is 39.6 Å². The molecule has 0 aromatic heterocycles. The number of rotatable bonds is 16. The summed E-state index contributed by atoms with van der Waals surface area (Å²) >= 11 is 3.75. The number of alkyl halides is 1. The van der Waals surface area contributed by atoms with Crippen molar-refractivity contribution in [2.45, 2.75) is 114 Å². The zero-order valence-electron chi connectivity index (χ0n) is 29.8. The average molecular weight is 745 g/mol. The number of nitrogens with one attached hydrogen (secondary N) is 1. The summed E-state index contributed by atoms with van der Waals surface area (Å²) in [5, 5.41) is 13.6. The van der Waals surface area contributed by atoms with Crippen molar-refractivity contribution in [3.05, 3.63) is 61.2 Å². The first kappa shape index (κ1) is 38.8. The second-order valence-corrected chi connectivity index (χ2v) is 16.6. The predicted molar refractivity (Wildman–Crippen MR) is 191 cm³/mol. The lowest BCUT2D eigenvalue weighted by Crippen LogP contribution is -2.62. The Morgan fingerprint density at radius 3 is 2.43 bits per heavy atom. The van der Waals surface area contributed by atoms with Gasteiger partial charge in [-0.05, 0) is 50.5 Å². The van der Waals surface area contributed by atoms with E-state index in [1.165, 1.54) is 4.90 Å². The minimum absolute atomic E-state index is 0.0967. The lowest BCUT2D eigenvalue weighted by atomic mass is 9.70. The molecular formula is C38H54BrN3O7. The van der Waals surface area contributed by atoms with Crippen LogP contribution in [0.5, 0.6) is 0 Å². The van der Waals surface area contributed by atoms with Gasteiger partial charge in [0.15, 0.2) is 0 Å². The molecule has 3 amide bonds. The molecule has 3 aliphatic rings. The van der Waals surface area contributed by atoms with Crippen LogP contribution < -0.4 is 5.32 Å². The SMILES string of the molecule is C=CCCC(=O)OC[C@@H](NC(=O)[C@@H]1[C@H]2O[C@@]3(CC2Br)[C@H](C(=O)N(CC=C)C(C)(C)CC(C)(C)C)N([C@@H](CC)CO)C(=O)[C@@H]13)c1ccccc1. The van der Waals surface area contributed by atoms with E-state index in [0.29, 0.717) is 25.7 Å². The molecule has 3 heterocycles. The van der Waals surface area contributed by atoms with E-state index < -0.39 is 59.1 Å². The Kier molecular flexibility index (Phi) is 12.2. The molecule has 3 saturated heterocycles. The van der Waals surface area contributed by atoms with E-state index in [4.69, 9.17) is 9.47 Å². The summed E-state index contributed by atoms with van der Waals surface area (Å²) in [5.74, 6) is -3.38. The summed E-state index contributed by atoms with van der Waals surface area (Å²) in [5.41, 5.74) is -1.27. The molecule has 1 aromatic carbocycles. The maximum atomic E-state index is 15.0. The predicted octanol–water partition coefficient (Wildman–Crippen LogP) is 5.10. The number of aliphatic hydroxyl groups excluding tert-OH is 1. The van der Waals surface area contributed by atoms with Crippen molar-refractivity contribution in [1.82, 2.24) is 15.1 Å². The molecular weight excluding hydrogens is 690 g/mol. The summed E-state index contributed by atoms with van der Waals surface area (Å²) in [7, 11) is 0. The monoisotopic (exact) mass is 743 g/mol. The van der Waals surface area contributed by atoms with Gasteiger partial charge in [-0.25, -0.2) is 0 Å². The van der Waals surface area contributed by atoms with Gasteiger partial charge in [-0.2, -0.15) is 0 Å². The van der Waals surface area contributed by atoms with Crippen molar-refractivity contribution in [2.75, 3.05) is 19.8 Å². The minimum atomic E-state index is -1.30. The Bertz CT molecular complexity index is 1390. The lowest BCUT2D eigenvalue weighted by molar-refractivity contribution is -0.155. The van der Waals surface area contributed by atoms with Gasteiger partial charge >= 0.3 is 5.97 Å². The third-order valence-electron chi connectivity index (χ3n) is 10.1. The van der Waals surface area contributed by atoms with E-state index in [2.05, 4.69) is 55.2 Å². The summed E-state index contributed by atoms with van der Waals surface area (Å²) < 4.78 is 12.3. The van der Waals surface area contributed by atoms with Crippen molar-refractivity contribution in [2.24, 2.45) is 17.3 Å². The second-order valence-electron chi connectivity index (χ2n) is 15.4. The van der Waals surface area contributed by atoms with E-state index in [9.17, 15) is 19.5 Å². The number of carbonyl (C=O) groups is 4. The number of esters is 1. The molecule has 8 atom stereocenters. The van der Waals surface area contributed by atoms with E-state index in [1.54, 1.807) is 17.1 Å². The number of benzene rings is 1. The van der Waals surface area contributed by atoms with Gasteiger partial charge in [-0.3, -0.25) is 19.2 Å². The van der Waals surface area contributed by atoms with E-state index >= 15 is 4.79 Å². The highest BCUT2D eigenvalue weighted by molar-refractivity contribution is 9.09. The zero-order valence-corrected chi connectivity index (χ0v) is 31.4. The van der Waals surface area contributed by atoms with Crippen LogP contribution in [0.2, 0.25) is 0 Å². The quantitative estimate of drug-likeness (QED) is 0.137. The highest BCUT2D eigenvalue weighted by atomic mass is 79.9. The van der Waals surface area contributed by atoms with Crippen molar-refractivity contribution in [3.8, 4) is 0 Å². The average Bonchev–Trinajstić information content (AvgIpc) is 3.63. The highest BCUT2D eigenvalue weighted by Crippen LogP contribution is 2.61. The van der Waals surface area contributed by atoms with Crippen LogP contribution in [0.25, 0.3) is 0 Å². The number of aliphatic hydroxyl groups is 1. The van der Waals surface area contributed by atoms with Gasteiger partial charge in [0.2, 0.25) is 17.7 Å². The minimum Gasteiger partial charge on any atom is -0.463 e. The summed E-state index contributed by atoms with van der Waals surface area (Å²) in [4.78, 5) is 59.5. The molecule has 2 N–H and O–H groups in total. The Morgan fingerprint density at radius 2 is 1.86 bits per heavy atom. The van der Waals surface area contributed by atoms with Crippen molar-refractivity contribution < 1.29 is 33.8 Å². The zero-order chi connectivity index (χ0) is 36.3. The molecule has 3 aliphatic heterocycles. The molecule has 0 radical (unpaired) electrons. The third kappa shape index (κ3) is 7.84. The molecule has 1 unspecified atom stereocenters. The molecule has 270 valence electrons. The van der Waals surface area contributed by atoms with Crippen LogP contribution in [0.15, 0.2) is 55.6 Å². The molecule has 1 spiro atoms. The van der Waals surface area contributed by atoms with Gasteiger partial charge in [0.25, 0.3) is 0 Å². The Labute approximate surface area is 299 Å². The maximum absolute atomic E-state index is 15.0. The maximum Gasteiger partial charge on any atom is 0.306 e. The largest absolute Gasteiger partial charge is 0.463 e. The van der Waals surface area contributed by atoms with E-state index in [0.717, 1.165) is 5.56 Å². The molecule has 11 heteroatoms. The smallest absolute Gasteiger partial charge is 0.306 e. The molecule has 10 nitrogen and oxygen atoms in total. The third-order valence-corrected chi connectivity index (χ3v) is 10.9. The van der Waals surface area contributed by atoms with Gasteiger partial charge in [-0.1, -0.05) is 86.1 Å².